The Morgan fingerprint density at radius 3 is 2.40 bits per heavy atom. The van der Waals surface area contributed by atoms with E-state index >= 15 is 0 Å². The molecule has 0 radical (unpaired) electrons. The van der Waals surface area contributed by atoms with Gasteiger partial charge in [-0.25, -0.2) is 0 Å². The SMILES string of the molecule is NCC1(C(=O)c2ccc3ccccc3c2)CCCCC1. The zero-order valence-corrected chi connectivity index (χ0v) is 11.8. The number of benzene rings is 2. The summed E-state index contributed by atoms with van der Waals surface area (Å²) in [7, 11) is 0. The van der Waals surface area contributed by atoms with Gasteiger partial charge in [-0.3, -0.25) is 4.79 Å². The Balaban J connectivity index is 1.98. The van der Waals surface area contributed by atoms with Gasteiger partial charge in [-0.2, -0.15) is 0 Å². The van der Waals surface area contributed by atoms with Crippen molar-refractivity contribution in [3.63, 3.8) is 0 Å². The molecule has 0 aromatic heterocycles. The molecule has 20 heavy (non-hydrogen) atoms. The van der Waals surface area contributed by atoms with Crippen molar-refractivity contribution in [2.24, 2.45) is 11.1 Å². The number of ketones is 1. The number of carbonyl (C=O) groups is 1. The highest BCUT2D eigenvalue weighted by atomic mass is 16.1. The minimum atomic E-state index is -0.319. The number of nitrogens with two attached hydrogens (primary N) is 1. The lowest BCUT2D eigenvalue weighted by molar-refractivity contribution is 0.0729. The lowest BCUT2D eigenvalue weighted by atomic mass is 9.69. The summed E-state index contributed by atoms with van der Waals surface area (Å²) in [6.45, 7) is 0.471. The van der Waals surface area contributed by atoms with Crippen molar-refractivity contribution in [1.29, 1.82) is 0 Å². The molecule has 0 unspecified atom stereocenters. The number of fused-ring (bicyclic) bond motifs is 1. The second-order valence-corrected chi connectivity index (χ2v) is 5.94. The number of carbonyl (C=O) groups excluding carboxylic acids is 1. The van der Waals surface area contributed by atoms with Crippen molar-refractivity contribution in [3.05, 3.63) is 48.0 Å². The third-order valence-electron chi connectivity index (χ3n) is 4.69. The molecule has 2 heteroatoms. The van der Waals surface area contributed by atoms with Crippen LogP contribution in [-0.2, 0) is 0 Å². The van der Waals surface area contributed by atoms with Crippen LogP contribution in [0.4, 0.5) is 0 Å². The van der Waals surface area contributed by atoms with Crippen LogP contribution in [0.5, 0.6) is 0 Å². The predicted molar refractivity (Wildman–Crippen MR) is 82.9 cm³/mol. The maximum Gasteiger partial charge on any atom is 0.170 e. The monoisotopic (exact) mass is 267 g/mol. The van der Waals surface area contributed by atoms with E-state index < -0.39 is 0 Å². The van der Waals surface area contributed by atoms with E-state index in [4.69, 9.17) is 5.73 Å². The fourth-order valence-corrected chi connectivity index (χ4v) is 3.39. The quantitative estimate of drug-likeness (QED) is 0.856. The van der Waals surface area contributed by atoms with E-state index in [1.807, 2.05) is 30.3 Å². The van der Waals surface area contributed by atoms with Crippen molar-refractivity contribution in [1.82, 2.24) is 0 Å². The Labute approximate surface area is 120 Å². The van der Waals surface area contributed by atoms with E-state index in [1.54, 1.807) is 0 Å². The Hall–Kier alpha value is -1.67. The highest BCUT2D eigenvalue weighted by molar-refractivity contribution is 6.03. The van der Waals surface area contributed by atoms with E-state index in [1.165, 1.54) is 11.8 Å². The molecule has 0 atom stereocenters. The molecule has 1 aliphatic rings. The molecule has 0 amide bonds. The van der Waals surface area contributed by atoms with Crippen LogP contribution in [-0.4, -0.2) is 12.3 Å². The van der Waals surface area contributed by atoms with Gasteiger partial charge in [-0.15, -0.1) is 0 Å². The molecule has 104 valence electrons. The van der Waals surface area contributed by atoms with Gasteiger partial charge in [0.15, 0.2) is 5.78 Å². The van der Waals surface area contributed by atoms with Crippen LogP contribution < -0.4 is 5.73 Å². The fraction of sp³-hybridized carbons (Fsp3) is 0.389. The van der Waals surface area contributed by atoms with Crippen LogP contribution in [0.3, 0.4) is 0 Å². The van der Waals surface area contributed by atoms with Gasteiger partial charge in [0.1, 0.15) is 0 Å². The number of rotatable bonds is 3. The Kier molecular flexibility index (Phi) is 3.58. The summed E-state index contributed by atoms with van der Waals surface area (Å²) in [5, 5.41) is 2.30. The first-order valence-corrected chi connectivity index (χ1v) is 7.49. The largest absolute Gasteiger partial charge is 0.329 e. The molecule has 2 N–H and O–H groups in total. The summed E-state index contributed by atoms with van der Waals surface area (Å²) in [5.74, 6) is 0.241. The van der Waals surface area contributed by atoms with E-state index in [9.17, 15) is 4.79 Å². The van der Waals surface area contributed by atoms with Crippen molar-refractivity contribution in [2.45, 2.75) is 32.1 Å². The number of Topliss-reactive ketones (excluding diaryl/α,β-unsaturated/α-hetero) is 1. The lowest BCUT2D eigenvalue weighted by Gasteiger charge is -2.34. The van der Waals surface area contributed by atoms with E-state index in [0.29, 0.717) is 6.54 Å². The van der Waals surface area contributed by atoms with Crippen LogP contribution >= 0.6 is 0 Å². The molecule has 1 saturated carbocycles. The molecule has 2 aromatic rings. The molecule has 0 heterocycles. The Bertz CT molecular complexity index is 626. The van der Waals surface area contributed by atoms with Gasteiger partial charge < -0.3 is 5.73 Å². The van der Waals surface area contributed by atoms with Crippen molar-refractivity contribution in [2.75, 3.05) is 6.54 Å². The third-order valence-corrected chi connectivity index (χ3v) is 4.69. The minimum Gasteiger partial charge on any atom is -0.329 e. The molecule has 0 aliphatic heterocycles. The average Bonchev–Trinajstić information content (AvgIpc) is 2.54. The number of hydrogen-bond acceptors (Lipinski definition) is 2. The van der Waals surface area contributed by atoms with Crippen LogP contribution in [0, 0.1) is 5.41 Å². The fourth-order valence-electron chi connectivity index (χ4n) is 3.39. The van der Waals surface area contributed by atoms with Gasteiger partial charge in [0.2, 0.25) is 0 Å². The first-order valence-electron chi connectivity index (χ1n) is 7.49. The summed E-state index contributed by atoms with van der Waals surface area (Å²) in [4.78, 5) is 12.9. The van der Waals surface area contributed by atoms with E-state index in [-0.39, 0.29) is 11.2 Å². The first-order chi connectivity index (χ1) is 9.75. The molecular formula is C18H21NO. The van der Waals surface area contributed by atoms with Crippen LogP contribution in [0.25, 0.3) is 10.8 Å². The summed E-state index contributed by atoms with van der Waals surface area (Å²) in [6, 6.07) is 14.2. The molecular weight excluding hydrogens is 246 g/mol. The van der Waals surface area contributed by atoms with Crippen LogP contribution in [0.1, 0.15) is 42.5 Å². The smallest absolute Gasteiger partial charge is 0.170 e. The van der Waals surface area contributed by atoms with Gasteiger partial charge in [-0.1, -0.05) is 55.7 Å². The summed E-state index contributed by atoms with van der Waals surface area (Å²) in [5.41, 5.74) is 6.47. The molecule has 2 aromatic carbocycles. The van der Waals surface area contributed by atoms with Crippen LogP contribution in [0.2, 0.25) is 0 Å². The summed E-state index contributed by atoms with van der Waals surface area (Å²) >= 11 is 0. The molecule has 1 aliphatic carbocycles. The van der Waals surface area contributed by atoms with Gasteiger partial charge in [0.05, 0.1) is 0 Å². The zero-order chi connectivity index (χ0) is 14.0. The predicted octanol–water partition coefficient (Wildman–Crippen LogP) is 3.93. The molecule has 0 spiro atoms. The van der Waals surface area contributed by atoms with E-state index in [0.717, 1.165) is 36.6 Å². The normalized spacial score (nSPS) is 18.1. The van der Waals surface area contributed by atoms with Gasteiger partial charge >= 0.3 is 0 Å². The maximum atomic E-state index is 12.9. The molecule has 2 nitrogen and oxygen atoms in total. The zero-order valence-electron chi connectivity index (χ0n) is 11.8. The number of hydrogen-bond donors (Lipinski definition) is 1. The van der Waals surface area contributed by atoms with Gasteiger partial charge in [-0.05, 0) is 29.7 Å². The van der Waals surface area contributed by atoms with Crippen molar-refractivity contribution >= 4 is 16.6 Å². The summed E-state index contributed by atoms with van der Waals surface area (Å²) < 4.78 is 0. The standard InChI is InChI=1S/C18H21NO/c19-13-18(10-4-1-5-11-18)17(20)16-9-8-14-6-2-3-7-15(14)12-16/h2-3,6-9,12H,1,4-5,10-11,13,19H2. The Morgan fingerprint density at radius 1 is 1.00 bits per heavy atom. The first kappa shape index (κ1) is 13.3. The van der Waals surface area contributed by atoms with Crippen LogP contribution in [0.15, 0.2) is 42.5 Å². The Morgan fingerprint density at radius 2 is 1.70 bits per heavy atom. The molecule has 1 fully saturated rings. The molecule has 0 bridgehead atoms. The molecule has 3 rings (SSSR count). The van der Waals surface area contributed by atoms with E-state index in [2.05, 4.69) is 12.1 Å². The topological polar surface area (TPSA) is 43.1 Å². The highest BCUT2D eigenvalue weighted by Gasteiger charge is 2.38. The third kappa shape index (κ3) is 2.25. The van der Waals surface area contributed by atoms with Gasteiger partial charge in [0.25, 0.3) is 0 Å². The second-order valence-electron chi connectivity index (χ2n) is 5.94. The maximum absolute atomic E-state index is 12.9. The summed E-state index contributed by atoms with van der Waals surface area (Å²) in [6.07, 6.45) is 5.35. The minimum absolute atomic E-state index is 0.241. The average molecular weight is 267 g/mol. The second kappa shape index (κ2) is 5.37. The van der Waals surface area contributed by atoms with Gasteiger partial charge in [0, 0.05) is 17.5 Å². The molecule has 0 saturated heterocycles. The van der Waals surface area contributed by atoms with Crippen molar-refractivity contribution in [3.8, 4) is 0 Å². The van der Waals surface area contributed by atoms with Crippen molar-refractivity contribution < 1.29 is 4.79 Å². The lowest BCUT2D eigenvalue weighted by Crippen LogP contribution is -2.40. The highest BCUT2D eigenvalue weighted by Crippen LogP contribution is 2.38.